The number of piperidine rings is 1. The molecule has 0 saturated carbocycles. The normalized spacial score (nSPS) is 16.8. The van der Waals surface area contributed by atoms with Crippen LogP contribution in [0, 0.1) is 0 Å². The van der Waals surface area contributed by atoms with Crippen LogP contribution in [0.3, 0.4) is 0 Å². The Kier molecular flexibility index (Phi) is 6.09. The maximum absolute atomic E-state index is 12.8. The number of alkyl halides is 3. The number of benzene rings is 1. The van der Waals surface area contributed by atoms with Crippen molar-refractivity contribution in [2.24, 2.45) is 0 Å². The molecule has 2 rings (SSSR count). The average molecular weight is 359 g/mol. The molecule has 0 unspecified atom stereocenters. The molecular formula is C17H24F3N3S. The van der Waals surface area contributed by atoms with Gasteiger partial charge in [0, 0.05) is 30.9 Å². The zero-order valence-corrected chi connectivity index (χ0v) is 15.0. The number of anilines is 1. The van der Waals surface area contributed by atoms with Crippen molar-refractivity contribution in [1.29, 1.82) is 0 Å². The minimum atomic E-state index is -4.35. The largest absolute Gasteiger partial charge is 0.416 e. The molecule has 1 aromatic carbocycles. The Morgan fingerprint density at radius 3 is 2.46 bits per heavy atom. The lowest BCUT2D eigenvalue weighted by Gasteiger charge is -2.39. The lowest BCUT2D eigenvalue weighted by Crippen LogP contribution is -2.48. The molecular weight excluding hydrogens is 335 g/mol. The topological polar surface area (TPSA) is 18.5 Å². The van der Waals surface area contributed by atoms with Crippen LogP contribution >= 0.6 is 12.2 Å². The number of thiocarbonyl (C=S) groups is 1. The number of rotatable bonds is 3. The molecule has 7 heteroatoms. The highest BCUT2D eigenvalue weighted by atomic mass is 32.1. The summed E-state index contributed by atoms with van der Waals surface area (Å²) in [4.78, 5) is 4.39. The van der Waals surface area contributed by atoms with Crippen LogP contribution in [0.15, 0.2) is 24.3 Å². The van der Waals surface area contributed by atoms with E-state index in [0.29, 0.717) is 22.9 Å². The summed E-state index contributed by atoms with van der Waals surface area (Å²) in [6.07, 6.45) is -2.35. The van der Waals surface area contributed by atoms with Gasteiger partial charge in [-0.15, -0.1) is 0 Å². The van der Waals surface area contributed by atoms with E-state index >= 15 is 0 Å². The minimum absolute atomic E-state index is 0.372. The monoisotopic (exact) mass is 359 g/mol. The fraction of sp³-hybridized carbons (Fsp3) is 0.588. The van der Waals surface area contributed by atoms with Gasteiger partial charge >= 0.3 is 6.18 Å². The molecule has 3 nitrogen and oxygen atoms in total. The molecule has 0 radical (unpaired) electrons. The molecule has 1 heterocycles. The van der Waals surface area contributed by atoms with Crippen LogP contribution < -0.4 is 5.32 Å². The highest BCUT2D eigenvalue weighted by Crippen LogP contribution is 2.30. The first-order valence-corrected chi connectivity index (χ1v) is 8.54. The van der Waals surface area contributed by atoms with Crippen LogP contribution in [0.5, 0.6) is 0 Å². The van der Waals surface area contributed by atoms with E-state index in [9.17, 15) is 13.2 Å². The van der Waals surface area contributed by atoms with E-state index in [1.165, 1.54) is 6.07 Å². The van der Waals surface area contributed by atoms with E-state index in [4.69, 9.17) is 12.2 Å². The zero-order valence-electron chi connectivity index (χ0n) is 14.2. The van der Waals surface area contributed by atoms with Crippen molar-refractivity contribution in [1.82, 2.24) is 9.80 Å². The van der Waals surface area contributed by atoms with Gasteiger partial charge < -0.3 is 15.1 Å². The predicted octanol–water partition coefficient (Wildman–Crippen LogP) is 4.21. The summed E-state index contributed by atoms with van der Waals surface area (Å²) >= 11 is 5.37. The Labute approximate surface area is 146 Å². The molecule has 1 saturated heterocycles. The van der Waals surface area contributed by atoms with Crippen LogP contribution in [-0.4, -0.2) is 47.1 Å². The summed E-state index contributed by atoms with van der Waals surface area (Å²) in [7, 11) is 2.13. The van der Waals surface area contributed by atoms with Crippen molar-refractivity contribution in [3.05, 3.63) is 29.8 Å². The van der Waals surface area contributed by atoms with Gasteiger partial charge in [0.2, 0.25) is 0 Å². The standard InChI is InChI=1S/C17H24F3N3S/c1-12(2)22(3)15-7-9-23(10-8-15)16(24)21-14-6-4-5-13(11-14)17(18,19)20/h4-6,11-12,15H,7-10H2,1-3H3,(H,21,24). The molecule has 0 spiro atoms. The Hall–Kier alpha value is -1.34. The van der Waals surface area contributed by atoms with E-state index in [1.807, 2.05) is 4.90 Å². The van der Waals surface area contributed by atoms with Gasteiger partial charge in [0.05, 0.1) is 5.56 Å². The quantitative estimate of drug-likeness (QED) is 0.815. The number of halogens is 3. The molecule has 1 fully saturated rings. The van der Waals surface area contributed by atoms with Gasteiger partial charge in [-0.05, 0) is 64.2 Å². The van der Waals surface area contributed by atoms with Crippen LogP contribution in [0.25, 0.3) is 0 Å². The van der Waals surface area contributed by atoms with Gasteiger partial charge in [0.1, 0.15) is 0 Å². The zero-order chi connectivity index (χ0) is 17.9. The predicted molar refractivity (Wildman–Crippen MR) is 95.2 cm³/mol. The van der Waals surface area contributed by atoms with Crippen molar-refractivity contribution < 1.29 is 13.2 Å². The fourth-order valence-corrected chi connectivity index (χ4v) is 3.17. The summed E-state index contributed by atoms with van der Waals surface area (Å²) < 4.78 is 38.3. The Morgan fingerprint density at radius 1 is 1.29 bits per heavy atom. The number of nitrogens with one attached hydrogen (secondary N) is 1. The summed E-state index contributed by atoms with van der Waals surface area (Å²) in [6.45, 7) is 5.97. The molecule has 24 heavy (non-hydrogen) atoms. The lowest BCUT2D eigenvalue weighted by molar-refractivity contribution is -0.137. The third-order valence-corrected chi connectivity index (χ3v) is 4.94. The fourth-order valence-electron chi connectivity index (χ4n) is 2.87. The van der Waals surface area contributed by atoms with Crippen LogP contribution in [0.2, 0.25) is 0 Å². The molecule has 0 atom stereocenters. The van der Waals surface area contributed by atoms with Crippen LogP contribution in [-0.2, 0) is 6.18 Å². The second-order valence-electron chi connectivity index (χ2n) is 6.49. The molecule has 1 aromatic rings. The SMILES string of the molecule is CC(C)N(C)C1CCN(C(=S)Nc2cccc(C(F)(F)F)c2)CC1. The second-order valence-corrected chi connectivity index (χ2v) is 6.87. The highest BCUT2D eigenvalue weighted by Gasteiger charge is 2.30. The first-order chi connectivity index (χ1) is 11.2. The maximum Gasteiger partial charge on any atom is 0.416 e. The van der Waals surface area contributed by atoms with Crippen molar-refractivity contribution >= 4 is 23.0 Å². The van der Waals surface area contributed by atoms with Crippen molar-refractivity contribution in [3.63, 3.8) is 0 Å². The Bertz CT molecular complexity index is 566. The van der Waals surface area contributed by atoms with Gasteiger partial charge in [-0.3, -0.25) is 0 Å². The van der Waals surface area contributed by atoms with Crippen LogP contribution in [0.4, 0.5) is 18.9 Å². The lowest BCUT2D eigenvalue weighted by atomic mass is 10.0. The molecule has 1 aliphatic rings. The number of hydrogen-bond acceptors (Lipinski definition) is 2. The Balaban J connectivity index is 1.93. The van der Waals surface area contributed by atoms with Gasteiger partial charge in [-0.2, -0.15) is 13.2 Å². The van der Waals surface area contributed by atoms with Gasteiger partial charge in [0.15, 0.2) is 5.11 Å². The van der Waals surface area contributed by atoms with E-state index in [0.717, 1.165) is 38.1 Å². The van der Waals surface area contributed by atoms with E-state index in [-0.39, 0.29) is 0 Å². The minimum Gasteiger partial charge on any atom is -0.349 e. The highest BCUT2D eigenvalue weighted by molar-refractivity contribution is 7.80. The molecule has 134 valence electrons. The second kappa shape index (κ2) is 7.70. The molecule has 0 amide bonds. The van der Waals surface area contributed by atoms with E-state index in [2.05, 4.69) is 31.1 Å². The molecule has 0 bridgehead atoms. The van der Waals surface area contributed by atoms with Crippen molar-refractivity contribution in [2.45, 2.75) is 44.9 Å². The number of nitrogens with zero attached hydrogens (tertiary/aromatic N) is 2. The van der Waals surface area contributed by atoms with Crippen molar-refractivity contribution in [3.8, 4) is 0 Å². The summed E-state index contributed by atoms with van der Waals surface area (Å²) in [5.74, 6) is 0. The average Bonchev–Trinajstić information content (AvgIpc) is 2.53. The summed E-state index contributed by atoms with van der Waals surface area (Å²) in [5.41, 5.74) is -0.302. The van der Waals surface area contributed by atoms with Gasteiger partial charge in [-0.25, -0.2) is 0 Å². The van der Waals surface area contributed by atoms with E-state index < -0.39 is 11.7 Å². The van der Waals surface area contributed by atoms with Crippen molar-refractivity contribution in [2.75, 3.05) is 25.5 Å². The third kappa shape index (κ3) is 4.83. The van der Waals surface area contributed by atoms with Crippen LogP contribution in [0.1, 0.15) is 32.3 Å². The van der Waals surface area contributed by atoms with Gasteiger partial charge in [-0.1, -0.05) is 6.07 Å². The summed E-state index contributed by atoms with van der Waals surface area (Å²) in [5, 5.41) is 3.42. The van der Waals surface area contributed by atoms with Gasteiger partial charge in [0.25, 0.3) is 0 Å². The Morgan fingerprint density at radius 2 is 1.92 bits per heavy atom. The molecule has 0 aromatic heterocycles. The maximum atomic E-state index is 12.8. The first kappa shape index (κ1) is 19.0. The van der Waals surface area contributed by atoms with E-state index in [1.54, 1.807) is 6.07 Å². The third-order valence-electron chi connectivity index (χ3n) is 4.58. The number of hydrogen-bond donors (Lipinski definition) is 1. The number of likely N-dealkylation sites (tertiary alicyclic amines) is 1. The molecule has 1 aliphatic heterocycles. The summed E-state index contributed by atoms with van der Waals surface area (Å²) in [6, 6.07) is 6.15. The smallest absolute Gasteiger partial charge is 0.349 e. The molecule has 1 N–H and O–H groups in total. The first-order valence-electron chi connectivity index (χ1n) is 8.13. The molecule has 0 aliphatic carbocycles.